The summed E-state index contributed by atoms with van der Waals surface area (Å²) < 4.78 is 5.70. The lowest BCUT2D eigenvalue weighted by atomic mass is 10.1. The van der Waals surface area contributed by atoms with Gasteiger partial charge in [-0.05, 0) is 38.5 Å². The molecule has 1 rings (SSSR count). The minimum absolute atomic E-state index is 0.417. The number of morpholine rings is 1. The standard InChI is InChI=1S/C13H27NOS/c1-3-13-11-15-12(2)10-14(13)8-6-4-5-7-9-16/h12-13,16H,3-11H2,1-2H3. The van der Waals surface area contributed by atoms with Gasteiger partial charge in [0.25, 0.3) is 0 Å². The van der Waals surface area contributed by atoms with E-state index in [0.717, 1.165) is 18.9 Å². The minimum atomic E-state index is 0.417. The number of nitrogens with zero attached hydrogens (tertiary/aromatic N) is 1. The molecule has 1 heterocycles. The van der Waals surface area contributed by atoms with Gasteiger partial charge in [-0.2, -0.15) is 12.6 Å². The lowest BCUT2D eigenvalue weighted by Gasteiger charge is -2.38. The van der Waals surface area contributed by atoms with Gasteiger partial charge in [0.15, 0.2) is 0 Å². The van der Waals surface area contributed by atoms with E-state index >= 15 is 0 Å². The van der Waals surface area contributed by atoms with Crippen LogP contribution in [-0.2, 0) is 4.74 Å². The molecule has 0 aliphatic carbocycles. The highest BCUT2D eigenvalue weighted by Crippen LogP contribution is 2.15. The summed E-state index contributed by atoms with van der Waals surface area (Å²) in [5, 5.41) is 0. The Morgan fingerprint density at radius 2 is 2.00 bits per heavy atom. The van der Waals surface area contributed by atoms with Crippen molar-refractivity contribution in [1.29, 1.82) is 0 Å². The Morgan fingerprint density at radius 1 is 1.25 bits per heavy atom. The van der Waals surface area contributed by atoms with E-state index in [2.05, 4.69) is 31.4 Å². The molecule has 3 heteroatoms. The van der Waals surface area contributed by atoms with Crippen LogP contribution in [-0.4, -0.2) is 42.5 Å². The molecule has 16 heavy (non-hydrogen) atoms. The van der Waals surface area contributed by atoms with Crippen LogP contribution in [0.1, 0.15) is 46.0 Å². The van der Waals surface area contributed by atoms with Gasteiger partial charge in [0.1, 0.15) is 0 Å². The zero-order valence-electron chi connectivity index (χ0n) is 10.8. The Hall–Kier alpha value is 0.270. The van der Waals surface area contributed by atoms with E-state index in [9.17, 15) is 0 Å². The molecule has 0 aromatic rings. The molecule has 0 saturated carbocycles. The van der Waals surface area contributed by atoms with Crippen LogP contribution in [0, 0.1) is 0 Å². The van der Waals surface area contributed by atoms with Crippen molar-refractivity contribution in [2.24, 2.45) is 0 Å². The third-order valence-corrected chi connectivity index (χ3v) is 3.72. The summed E-state index contributed by atoms with van der Waals surface area (Å²) in [6.07, 6.45) is 6.91. The number of thiol groups is 1. The van der Waals surface area contributed by atoms with Crippen LogP contribution in [0.15, 0.2) is 0 Å². The highest BCUT2D eigenvalue weighted by atomic mass is 32.1. The number of ether oxygens (including phenoxy) is 1. The summed E-state index contributed by atoms with van der Waals surface area (Å²) >= 11 is 4.24. The van der Waals surface area contributed by atoms with Crippen molar-refractivity contribution in [2.75, 3.05) is 25.4 Å². The molecule has 0 aromatic heterocycles. The summed E-state index contributed by atoms with van der Waals surface area (Å²) in [5.74, 6) is 1.03. The number of hydrogen-bond acceptors (Lipinski definition) is 3. The van der Waals surface area contributed by atoms with Gasteiger partial charge in [0.05, 0.1) is 12.7 Å². The molecule has 1 saturated heterocycles. The van der Waals surface area contributed by atoms with E-state index in [4.69, 9.17) is 4.74 Å². The van der Waals surface area contributed by atoms with E-state index in [1.165, 1.54) is 38.6 Å². The molecule has 1 aliphatic rings. The van der Waals surface area contributed by atoms with Crippen molar-refractivity contribution in [3.63, 3.8) is 0 Å². The van der Waals surface area contributed by atoms with E-state index < -0.39 is 0 Å². The second-order valence-electron chi connectivity index (χ2n) is 4.84. The largest absolute Gasteiger partial charge is 0.376 e. The van der Waals surface area contributed by atoms with Gasteiger partial charge in [-0.1, -0.05) is 19.8 Å². The monoisotopic (exact) mass is 245 g/mol. The molecule has 0 amide bonds. The van der Waals surface area contributed by atoms with E-state index in [1.807, 2.05) is 0 Å². The van der Waals surface area contributed by atoms with Gasteiger partial charge < -0.3 is 4.74 Å². The first-order valence-electron chi connectivity index (χ1n) is 6.74. The topological polar surface area (TPSA) is 12.5 Å². The van der Waals surface area contributed by atoms with Crippen LogP contribution in [0.5, 0.6) is 0 Å². The first kappa shape index (κ1) is 14.3. The van der Waals surface area contributed by atoms with E-state index in [1.54, 1.807) is 0 Å². The molecule has 0 aromatic carbocycles. The SMILES string of the molecule is CCC1COC(C)CN1CCCCCCS. The summed E-state index contributed by atoms with van der Waals surface area (Å²) in [6.45, 7) is 7.73. The lowest BCUT2D eigenvalue weighted by molar-refractivity contribution is -0.0561. The first-order chi connectivity index (χ1) is 7.77. The number of rotatable bonds is 7. The maximum absolute atomic E-state index is 5.70. The maximum Gasteiger partial charge on any atom is 0.0674 e. The fraction of sp³-hybridized carbons (Fsp3) is 1.00. The summed E-state index contributed by atoms with van der Waals surface area (Å²) in [6, 6.07) is 0.654. The molecule has 96 valence electrons. The smallest absolute Gasteiger partial charge is 0.0674 e. The van der Waals surface area contributed by atoms with Gasteiger partial charge in [-0.15, -0.1) is 0 Å². The molecular formula is C13H27NOS. The van der Waals surface area contributed by atoms with Crippen molar-refractivity contribution in [2.45, 2.75) is 58.1 Å². The van der Waals surface area contributed by atoms with Crippen LogP contribution in [0.3, 0.4) is 0 Å². The van der Waals surface area contributed by atoms with Crippen LogP contribution in [0.4, 0.5) is 0 Å². The van der Waals surface area contributed by atoms with Crippen molar-refractivity contribution >= 4 is 12.6 Å². The molecule has 2 unspecified atom stereocenters. The zero-order valence-corrected chi connectivity index (χ0v) is 11.7. The van der Waals surface area contributed by atoms with Gasteiger partial charge in [-0.3, -0.25) is 4.90 Å². The van der Waals surface area contributed by atoms with E-state index in [0.29, 0.717) is 12.1 Å². The maximum atomic E-state index is 5.70. The number of hydrogen-bond donors (Lipinski definition) is 1. The Bertz CT molecular complexity index is 177. The average molecular weight is 245 g/mol. The van der Waals surface area contributed by atoms with E-state index in [-0.39, 0.29) is 0 Å². The predicted octanol–water partition coefficient (Wildman–Crippen LogP) is 2.98. The van der Waals surface area contributed by atoms with Crippen molar-refractivity contribution < 1.29 is 4.74 Å². The first-order valence-corrected chi connectivity index (χ1v) is 7.37. The van der Waals surface area contributed by atoms with Gasteiger partial charge in [-0.25, -0.2) is 0 Å². The minimum Gasteiger partial charge on any atom is -0.376 e. The third-order valence-electron chi connectivity index (χ3n) is 3.41. The van der Waals surface area contributed by atoms with Crippen molar-refractivity contribution in [3.8, 4) is 0 Å². The highest BCUT2D eigenvalue weighted by Gasteiger charge is 2.24. The third kappa shape index (κ3) is 5.07. The van der Waals surface area contributed by atoms with Gasteiger partial charge in [0, 0.05) is 12.6 Å². The Labute approximate surface area is 106 Å². The van der Waals surface area contributed by atoms with Crippen LogP contribution in [0.2, 0.25) is 0 Å². The fourth-order valence-corrected chi connectivity index (χ4v) is 2.57. The van der Waals surface area contributed by atoms with Gasteiger partial charge in [0.2, 0.25) is 0 Å². The van der Waals surface area contributed by atoms with Crippen LogP contribution >= 0.6 is 12.6 Å². The molecule has 0 radical (unpaired) electrons. The normalized spacial score (nSPS) is 27.2. The molecule has 0 bridgehead atoms. The molecule has 2 atom stereocenters. The molecule has 1 aliphatic heterocycles. The second-order valence-corrected chi connectivity index (χ2v) is 5.29. The predicted molar refractivity (Wildman–Crippen MR) is 73.4 cm³/mol. The molecule has 0 N–H and O–H groups in total. The lowest BCUT2D eigenvalue weighted by Crippen LogP contribution is -2.48. The highest BCUT2D eigenvalue weighted by molar-refractivity contribution is 7.80. The summed E-state index contributed by atoms with van der Waals surface area (Å²) in [7, 11) is 0. The fourth-order valence-electron chi connectivity index (χ4n) is 2.34. The molecule has 1 fully saturated rings. The quantitative estimate of drug-likeness (QED) is 0.547. The molecule has 2 nitrogen and oxygen atoms in total. The molecular weight excluding hydrogens is 218 g/mol. The second kappa shape index (κ2) is 8.37. The van der Waals surface area contributed by atoms with Crippen LogP contribution in [0.25, 0.3) is 0 Å². The zero-order chi connectivity index (χ0) is 11.8. The van der Waals surface area contributed by atoms with Crippen molar-refractivity contribution in [1.82, 2.24) is 4.90 Å². The summed E-state index contributed by atoms with van der Waals surface area (Å²) in [4.78, 5) is 2.62. The van der Waals surface area contributed by atoms with Crippen LogP contribution < -0.4 is 0 Å². The Kier molecular flexibility index (Phi) is 7.50. The van der Waals surface area contributed by atoms with Gasteiger partial charge >= 0.3 is 0 Å². The average Bonchev–Trinajstić information content (AvgIpc) is 2.29. The Morgan fingerprint density at radius 3 is 2.69 bits per heavy atom. The number of unbranched alkanes of at least 4 members (excludes halogenated alkanes) is 3. The van der Waals surface area contributed by atoms with Crippen molar-refractivity contribution in [3.05, 3.63) is 0 Å². The summed E-state index contributed by atoms with van der Waals surface area (Å²) in [5.41, 5.74) is 0. The molecule has 0 spiro atoms. The Balaban J connectivity index is 2.16.